The molecule has 0 aromatic heterocycles. The summed E-state index contributed by atoms with van der Waals surface area (Å²) >= 11 is 0. The van der Waals surface area contributed by atoms with Gasteiger partial charge in [-0.1, -0.05) is 12.1 Å². The van der Waals surface area contributed by atoms with Gasteiger partial charge >= 0.3 is 0 Å². The molecule has 2 aliphatic heterocycles. The van der Waals surface area contributed by atoms with Crippen LogP contribution in [0.2, 0.25) is 0 Å². The van der Waals surface area contributed by atoms with Crippen molar-refractivity contribution in [3.8, 4) is 11.5 Å². The van der Waals surface area contributed by atoms with Crippen molar-refractivity contribution < 1.29 is 9.47 Å². The Hall–Kier alpha value is -1.26. The lowest BCUT2D eigenvalue weighted by Gasteiger charge is -2.36. The van der Waals surface area contributed by atoms with Crippen LogP contribution < -0.4 is 14.8 Å². The number of methoxy groups -OCH3 is 1. The summed E-state index contributed by atoms with van der Waals surface area (Å²) in [5.41, 5.74) is 1.26. The molecule has 1 aromatic carbocycles. The molecule has 1 atom stereocenters. The lowest BCUT2D eigenvalue weighted by Crippen LogP contribution is -2.51. The number of nitrogens with zero attached hydrogens (tertiary/aromatic N) is 1. The zero-order chi connectivity index (χ0) is 13.9. The van der Waals surface area contributed by atoms with Crippen LogP contribution in [-0.4, -0.2) is 50.8 Å². The molecule has 0 saturated carbocycles. The van der Waals surface area contributed by atoms with Gasteiger partial charge in [-0.3, -0.25) is 4.90 Å². The van der Waals surface area contributed by atoms with Crippen LogP contribution in [0.1, 0.15) is 18.4 Å². The van der Waals surface area contributed by atoms with Gasteiger partial charge in [-0.15, -0.1) is 0 Å². The van der Waals surface area contributed by atoms with Gasteiger partial charge in [0.25, 0.3) is 0 Å². The van der Waals surface area contributed by atoms with Gasteiger partial charge in [-0.2, -0.15) is 0 Å². The van der Waals surface area contributed by atoms with Crippen molar-refractivity contribution in [2.75, 3.05) is 33.8 Å². The van der Waals surface area contributed by atoms with Crippen molar-refractivity contribution in [1.29, 1.82) is 0 Å². The number of benzene rings is 1. The maximum Gasteiger partial charge on any atom is 0.164 e. The second-order valence-corrected chi connectivity index (χ2v) is 5.91. The molecule has 20 heavy (non-hydrogen) atoms. The molecule has 110 valence electrons. The monoisotopic (exact) mass is 276 g/mol. The zero-order valence-corrected chi connectivity index (χ0v) is 12.4. The number of ether oxygens (including phenoxy) is 2. The predicted octanol–water partition coefficient (Wildman–Crippen LogP) is 1.68. The summed E-state index contributed by atoms with van der Waals surface area (Å²) in [6.45, 7) is 3.14. The van der Waals surface area contributed by atoms with Crippen LogP contribution >= 0.6 is 0 Å². The summed E-state index contributed by atoms with van der Waals surface area (Å²) in [5, 5.41) is 3.55. The van der Waals surface area contributed by atoms with E-state index in [1.807, 2.05) is 6.07 Å². The molecule has 1 N–H and O–H groups in total. The van der Waals surface area contributed by atoms with Crippen LogP contribution in [0.3, 0.4) is 0 Å². The standard InChI is InChI=1S/C16H24N2O2/c1-18-10-14(11-18)20-16-12(5-3-7-15(16)19-2)9-13-6-4-8-17-13/h3,5,7,13-14,17H,4,6,8-11H2,1-2H3. The highest BCUT2D eigenvalue weighted by molar-refractivity contribution is 5.47. The van der Waals surface area contributed by atoms with Crippen LogP contribution in [0.4, 0.5) is 0 Å². The van der Waals surface area contributed by atoms with Gasteiger partial charge in [-0.25, -0.2) is 0 Å². The molecule has 2 aliphatic rings. The molecule has 0 radical (unpaired) electrons. The highest BCUT2D eigenvalue weighted by Gasteiger charge is 2.27. The Bertz CT molecular complexity index is 452. The largest absolute Gasteiger partial charge is 0.493 e. The molecule has 0 spiro atoms. The minimum atomic E-state index is 0.298. The van der Waals surface area contributed by atoms with Gasteiger partial charge in [-0.05, 0) is 44.5 Å². The van der Waals surface area contributed by atoms with Gasteiger partial charge in [0.15, 0.2) is 11.5 Å². The third-order valence-corrected chi connectivity index (χ3v) is 4.22. The van der Waals surface area contributed by atoms with E-state index in [-0.39, 0.29) is 0 Å². The number of hydrogen-bond donors (Lipinski definition) is 1. The van der Waals surface area contributed by atoms with Crippen LogP contribution in [0.15, 0.2) is 18.2 Å². The number of rotatable bonds is 5. The van der Waals surface area contributed by atoms with E-state index in [0.29, 0.717) is 12.1 Å². The summed E-state index contributed by atoms with van der Waals surface area (Å²) < 4.78 is 11.7. The topological polar surface area (TPSA) is 33.7 Å². The summed E-state index contributed by atoms with van der Waals surface area (Å²) in [7, 11) is 3.83. The number of nitrogens with one attached hydrogen (secondary N) is 1. The second-order valence-electron chi connectivity index (χ2n) is 5.91. The third kappa shape index (κ3) is 2.91. The van der Waals surface area contributed by atoms with Gasteiger partial charge < -0.3 is 14.8 Å². The molecule has 2 heterocycles. The van der Waals surface area contributed by atoms with E-state index in [2.05, 4.69) is 29.4 Å². The van der Waals surface area contributed by atoms with E-state index in [0.717, 1.165) is 37.6 Å². The summed E-state index contributed by atoms with van der Waals surface area (Å²) in [6.07, 6.45) is 3.85. The molecule has 1 unspecified atom stereocenters. The molecule has 2 saturated heterocycles. The van der Waals surface area contributed by atoms with Crippen molar-refractivity contribution in [2.45, 2.75) is 31.4 Å². The minimum absolute atomic E-state index is 0.298. The van der Waals surface area contributed by atoms with E-state index in [1.165, 1.54) is 18.4 Å². The smallest absolute Gasteiger partial charge is 0.164 e. The molecule has 1 aromatic rings. The summed E-state index contributed by atoms with van der Waals surface area (Å²) in [4.78, 5) is 2.26. The molecule has 3 rings (SSSR count). The average molecular weight is 276 g/mol. The van der Waals surface area contributed by atoms with Crippen molar-refractivity contribution in [2.24, 2.45) is 0 Å². The molecule has 0 bridgehead atoms. The first kappa shape index (κ1) is 13.7. The van der Waals surface area contributed by atoms with Crippen LogP contribution in [0, 0.1) is 0 Å². The Morgan fingerprint density at radius 3 is 2.85 bits per heavy atom. The van der Waals surface area contributed by atoms with E-state index in [9.17, 15) is 0 Å². The third-order valence-electron chi connectivity index (χ3n) is 4.22. The minimum Gasteiger partial charge on any atom is -0.493 e. The molecule has 2 fully saturated rings. The van der Waals surface area contributed by atoms with Crippen LogP contribution in [0.25, 0.3) is 0 Å². The fourth-order valence-electron chi connectivity index (χ4n) is 3.10. The van der Waals surface area contributed by atoms with E-state index < -0.39 is 0 Å². The number of likely N-dealkylation sites (tertiary alicyclic amines) is 1. The fourth-order valence-corrected chi connectivity index (χ4v) is 3.10. The maximum atomic E-state index is 6.19. The lowest BCUT2D eigenvalue weighted by atomic mass is 10.0. The Balaban J connectivity index is 1.76. The van der Waals surface area contributed by atoms with Gasteiger partial charge in [0, 0.05) is 19.1 Å². The van der Waals surface area contributed by atoms with Gasteiger partial charge in [0.2, 0.25) is 0 Å². The molecule has 0 amide bonds. The quantitative estimate of drug-likeness (QED) is 0.887. The van der Waals surface area contributed by atoms with Gasteiger partial charge in [0.05, 0.1) is 7.11 Å². The molecular weight excluding hydrogens is 252 g/mol. The maximum absolute atomic E-state index is 6.19. The number of para-hydroxylation sites is 1. The lowest BCUT2D eigenvalue weighted by molar-refractivity contribution is 0.0362. The first-order chi connectivity index (χ1) is 9.76. The molecule has 0 aliphatic carbocycles. The van der Waals surface area contributed by atoms with Crippen LogP contribution in [-0.2, 0) is 6.42 Å². The van der Waals surface area contributed by atoms with Crippen LogP contribution in [0.5, 0.6) is 11.5 Å². The van der Waals surface area contributed by atoms with Crippen molar-refractivity contribution in [3.05, 3.63) is 23.8 Å². The van der Waals surface area contributed by atoms with E-state index in [1.54, 1.807) is 7.11 Å². The zero-order valence-electron chi connectivity index (χ0n) is 12.4. The normalized spacial score (nSPS) is 23.6. The Kier molecular flexibility index (Phi) is 4.13. The van der Waals surface area contributed by atoms with Crippen molar-refractivity contribution >= 4 is 0 Å². The van der Waals surface area contributed by atoms with E-state index >= 15 is 0 Å². The molecular formula is C16H24N2O2. The highest BCUT2D eigenvalue weighted by atomic mass is 16.5. The summed E-state index contributed by atoms with van der Waals surface area (Å²) in [5.74, 6) is 1.80. The van der Waals surface area contributed by atoms with Crippen molar-refractivity contribution in [1.82, 2.24) is 10.2 Å². The van der Waals surface area contributed by atoms with Crippen molar-refractivity contribution in [3.63, 3.8) is 0 Å². The Morgan fingerprint density at radius 1 is 1.35 bits per heavy atom. The van der Waals surface area contributed by atoms with E-state index in [4.69, 9.17) is 9.47 Å². The number of likely N-dealkylation sites (N-methyl/N-ethyl adjacent to an activating group) is 1. The average Bonchev–Trinajstić information content (AvgIpc) is 2.91. The Labute approximate surface area is 121 Å². The first-order valence-corrected chi connectivity index (χ1v) is 7.50. The Morgan fingerprint density at radius 2 is 2.20 bits per heavy atom. The number of hydrogen-bond acceptors (Lipinski definition) is 4. The highest BCUT2D eigenvalue weighted by Crippen LogP contribution is 2.34. The first-order valence-electron chi connectivity index (χ1n) is 7.50. The summed E-state index contributed by atoms with van der Waals surface area (Å²) in [6, 6.07) is 6.79. The second kappa shape index (κ2) is 6.02. The molecule has 4 heteroatoms. The predicted molar refractivity (Wildman–Crippen MR) is 79.6 cm³/mol. The molecule has 4 nitrogen and oxygen atoms in total. The SMILES string of the molecule is COc1cccc(CC2CCCN2)c1OC1CN(C)C1. The fraction of sp³-hybridized carbons (Fsp3) is 0.625. The van der Waals surface area contributed by atoms with Gasteiger partial charge in [0.1, 0.15) is 6.10 Å².